The number of hydrogen-bond acceptors (Lipinski definition) is 2. The fraction of sp³-hybridized carbons (Fsp3) is 0.333. The lowest BCUT2D eigenvalue weighted by Gasteiger charge is -1.99. The molecule has 54 valence electrons. The second kappa shape index (κ2) is 3.31. The molecule has 0 radical (unpaired) electrons. The van der Waals surface area contributed by atoms with Gasteiger partial charge in [-0.05, 0) is 6.92 Å². The first-order valence-corrected chi connectivity index (χ1v) is 3.52. The van der Waals surface area contributed by atoms with Crippen LogP contribution in [0.3, 0.4) is 0 Å². The van der Waals surface area contributed by atoms with Crippen molar-refractivity contribution in [2.75, 3.05) is 6.54 Å². The molecule has 0 saturated heterocycles. The summed E-state index contributed by atoms with van der Waals surface area (Å²) in [5, 5.41) is 9.48. The van der Waals surface area contributed by atoms with E-state index >= 15 is 0 Å². The number of nitrogens with zero attached hydrogens (tertiary/aromatic N) is 1. The Labute approximate surface area is 64.8 Å². The minimum absolute atomic E-state index is 0.747. The number of aromatic amines is 1. The monoisotopic (exact) mass is 155 g/mol. The molecule has 0 amide bonds. The van der Waals surface area contributed by atoms with Gasteiger partial charge >= 0.3 is 0 Å². The van der Waals surface area contributed by atoms with Crippen LogP contribution in [0, 0.1) is 0 Å². The van der Waals surface area contributed by atoms with E-state index < -0.39 is 0 Å². The van der Waals surface area contributed by atoms with Crippen LogP contribution >= 0.6 is 12.2 Å². The molecule has 1 aromatic heterocycles. The first-order chi connectivity index (χ1) is 4.84. The van der Waals surface area contributed by atoms with E-state index in [1.54, 1.807) is 12.4 Å². The second-order valence-corrected chi connectivity index (χ2v) is 2.25. The third kappa shape index (κ3) is 1.54. The van der Waals surface area contributed by atoms with Crippen LogP contribution in [0.5, 0.6) is 0 Å². The van der Waals surface area contributed by atoms with E-state index in [2.05, 4.69) is 15.5 Å². The lowest BCUT2D eigenvalue weighted by molar-refractivity contribution is 0.983. The molecule has 1 rings (SSSR count). The van der Waals surface area contributed by atoms with Crippen molar-refractivity contribution in [3.8, 4) is 0 Å². The van der Waals surface area contributed by atoms with Gasteiger partial charge in [-0.2, -0.15) is 5.10 Å². The summed E-state index contributed by atoms with van der Waals surface area (Å²) >= 11 is 5.00. The highest BCUT2D eigenvalue weighted by Gasteiger charge is 1.97. The van der Waals surface area contributed by atoms with Gasteiger partial charge in [-0.3, -0.25) is 5.10 Å². The Morgan fingerprint density at radius 3 is 3.20 bits per heavy atom. The van der Waals surface area contributed by atoms with Gasteiger partial charge in [0.25, 0.3) is 0 Å². The molecule has 0 atom stereocenters. The van der Waals surface area contributed by atoms with Crippen molar-refractivity contribution in [1.82, 2.24) is 15.5 Å². The number of thiocarbonyl (C=S) groups is 1. The summed E-state index contributed by atoms with van der Waals surface area (Å²) < 4.78 is 0. The first kappa shape index (κ1) is 7.21. The summed E-state index contributed by atoms with van der Waals surface area (Å²) in [4.78, 5) is 0.747. The van der Waals surface area contributed by atoms with Gasteiger partial charge in [0.15, 0.2) is 0 Å². The Morgan fingerprint density at radius 2 is 2.70 bits per heavy atom. The van der Waals surface area contributed by atoms with Gasteiger partial charge in [-0.25, -0.2) is 0 Å². The van der Waals surface area contributed by atoms with Crippen LogP contribution in [0.4, 0.5) is 0 Å². The lowest BCUT2D eigenvalue weighted by Crippen LogP contribution is -2.20. The zero-order valence-electron chi connectivity index (χ0n) is 5.72. The predicted octanol–water partition coefficient (Wildman–Crippen LogP) is 0.695. The van der Waals surface area contributed by atoms with Crippen molar-refractivity contribution in [3.63, 3.8) is 0 Å². The third-order valence-corrected chi connectivity index (χ3v) is 1.48. The average Bonchev–Trinajstić information content (AvgIpc) is 2.38. The molecule has 1 aromatic rings. The zero-order valence-corrected chi connectivity index (χ0v) is 6.53. The Hall–Kier alpha value is -0.900. The Balaban J connectivity index is 2.59. The summed E-state index contributed by atoms with van der Waals surface area (Å²) in [6.07, 6.45) is 3.47. The van der Waals surface area contributed by atoms with Crippen molar-refractivity contribution in [1.29, 1.82) is 0 Å². The summed E-state index contributed by atoms with van der Waals surface area (Å²) in [6.45, 7) is 2.86. The normalized spacial score (nSPS) is 9.30. The number of rotatable bonds is 2. The molecule has 1 heterocycles. The highest BCUT2D eigenvalue weighted by Crippen LogP contribution is 1.93. The van der Waals surface area contributed by atoms with Crippen molar-refractivity contribution in [3.05, 3.63) is 18.0 Å². The molecule has 3 nitrogen and oxygen atoms in total. The molecule has 0 spiro atoms. The van der Waals surface area contributed by atoms with Crippen molar-refractivity contribution in [2.24, 2.45) is 0 Å². The highest BCUT2D eigenvalue weighted by atomic mass is 32.1. The molecule has 0 aromatic carbocycles. The fourth-order valence-corrected chi connectivity index (χ4v) is 0.894. The molecule has 0 aliphatic rings. The Kier molecular flexibility index (Phi) is 2.39. The Morgan fingerprint density at radius 1 is 1.90 bits per heavy atom. The molecule has 0 unspecified atom stereocenters. The van der Waals surface area contributed by atoms with Crippen molar-refractivity contribution < 1.29 is 0 Å². The van der Waals surface area contributed by atoms with Gasteiger partial charge in [0.05, 0.1) is 6.20 Å². The summed E-state index contributed by atoms with van der Waals surface area (Å²) in [5.41, 5.74) is 0.942. The number of aromatic nitrogens is 2. The largest absolute Gasteiger partial charge is 0.376 e. The molecule has 0 saturated carbocycles. The van der Waals surface area contributed by atoms with Crippen LogP contribution < -0.4 is 5.32 Å². The summed E-state index contributed by atoms with van der Waals surface area (Å²) in [5.74, 6) is 0. The van der Waals surface area contributed by atoms with Gasteiger partial charge < -0.3 is 5.32 Å². The van der Waals surface area contributed by atoms with Crippen LogP contribution in [-0.4, -0.2) is 21.7 Å². The van der Waals surface area contributed by atoms with E-state index in [0.29, 0.717) is 0 Å². The van der Waals surface area contributed by atoms with Crippen LogP contribution in [0.1, 0.15) is 12.5 Å². The SMILES string of the molecule is CCNC(=S)c1cn[nH]c1. The molecule has 0 aliphatic heterocycles. The number of nitrogens with one attached hydrogen (secondary N) is 2. The minimum atomic E-state index is 0.747. The predicted molar refractivity (Wildman–Crippen MR) is 44.0 cm³/mol. The highest BCUT2D eigenvalue weighted by molar-refractivity contribution is 7.80. The van der Waals surface area contributed by atoms with Gasteiger partial charge in [0.2, 0.25) is 0 Å². The molecule has 0 bridgehead atoms. The van der Waals surface area contributed by atoms with E-state index in [4.69, 9.17) is 12.2 Å². The van der Waals surface area contributed by atoms with Crippen LogP contribution in [-0.2, 0) is 0 Å². The average molecular weight is 155 g/mol. The quantitative estimate of drug-likeness (QED) is 0.617. The van der Waals surface area contributed by atoms with Gasteiger partial charge in [-0.15, -0.1) is 0 Å². The van der Waals surface area contributed by atoms with E-state index in [9.17, 15) is 0 Å². The topological polar surface area (TPSA) is 40.7 Å². The maximum absolute atomic E-state index is 5.00. The van der Waals surface area contributed by atoms with E-state index in [-0.39, 0.29) is 0 Å². The lowest BCUT2D eigenvalue weighted by atomic mass is 10.3. The molecular formula is C6H9N3S. The number of hydrogen-bond donors (Lipinski definition) is 2. The molecule has 10 heavy (non-hydrogen) atoms. The molecular weight excluding hydrogens is 146 g/mol. The zero-order chi connectivity index (χ0) is 7.40. The van der Waals surface area contributed by atoms with Crippen molar-refractivity contribution >= 4 is 17.2 Å². The van der Waals surface area contributed by atoms with Crippen molar-refractivity contribution in [2.45, 2.75) is 6.92 Å². The minimum Gasteiger partial charge on any atom is -0.376 e. The van der Waals surface area contributed by atoms with E-state index in [0.717, 1.165) is 17.1 Å². The van der Waals surface area contributed by atoms with Crippen LogP contribution in [0.25, 0.3) is 0 Å². The van der Waals surface area contributed by atoms with E-state index in [1.807, 2.05) is 6.92 Å². The molecule has 2 N–H and O–H groups in total. The van der Waals surface area contributed by atoms with Gasteiger partial charge in [0, 0.05) is 18.3 Å². The molecule has 4 heteroatoms. The summed E-state index contributed by atoms with van der Waals surface area (Å²) in [7, 11) is 0. The van der Waals surface area contributed by atoms with Crippen LogP contribution in [0.2, 0.25) is 0 Å². The maximum Gasteiger partial charge on any atom is 0.109 e. The fourth-order valence-electron chi connectivity index (χ4n) is 0.638. The van der Waals surface area contributed by atoms with Gasteiger partial charge in [-0.1, -0.05) is 12.2 Å². The third-order valence-electron chi connectivity index (χ3n) is 1.10. The number of H-pyrrole nitrogens is 1. The van der Waals surface area contributed by atoms with Gasteiger partial charge in [0.1, 0.15) is 4.99 Å². The van der Waals surface area contributed by atoms with Crippen LogP contribution in [0.15, 0.2) is 12.4 Å². The first-order valence-electron chi connectivity index (χ1n) is 3.11. The molecule has 0 aliphatic carbocycles. The smallest absolute Gasteiger partial charge is 0.109 e. The second-order valence-electron chi connectivity index (χ2n) is 1.85. The summed E-state index contributed by atoms with van der Waals surface area (Å²) in [6, 6.07) is 0. The standard InChI is InChI=1S/C6H9N3S/c1-2-7-6(10)5-3-8-9-4-5/h3-4H,2H2,1H3,(H,7,10)(H,8,9). The maximum atomic E-state index is 5.00. The molecule has 0 fully saturated rings. The Bertz CT molecular complexity index is 205. The van der Waals surface area contributed by atoms with E-state index in [1.165, 1.54) is 0 Å².